The first kappa shape index (κ1) is 11.0. The van der Waals surface area contributed by atoms with Crippen LogP contribution < -0.4 is 10.6 Å². The molecule has 1 unspecified atom stereocenters. The van der Waals surface area contributed by atoms with Crippen LogP contribution in [0, 0.1) is 0 Å². The van der Waals surface area contributed by atoms with Crippen LogP contribution in [0.15, 0.2) is 18.3 Å². The van der Waals surface area contributed by atoms with E-state index in [0.29, 0.717) is 0 Å². The molecule has 0 spiro atoms. The normalized spacial score (nSPS) is 12.6. The van der Waals surface area contributed by atoms with Crippen LogP contribution >= 0.6 is 0 Å². The minimum atomic E-state index is 0.234. The highest BCUT2D eigenvalue weighted by Gasteiger charge is 2.08. The lowest BCUT2D eigenvalue weighted by atomic mass is 10.1. The van der Waals surface area contributed by atoms with Gasteiger partial charge in [0.2, 0.25) is 0 Å². The molecule has 1 atom stereocenters. The van der Waals surface area contributed by atoms with E-state index in [4.69, 9.17) is 5.73 Å². The Hall–Kier alpha value is -1.09. The molecule has 0 aromatic carbocycles. The molecular formula is C11H19N3. The third kappa shape index (κ3) is 2.70. The van der Waals surface area contributed by atoms with Crippen LogP contribution in [-0.2, 0) is 6.42 Å². The summed E-state index contributed by atoms with van der Waals surface area (Å²) in [5.74, 6) is 1.02. The zero-order valence-electron chi connectivity index (χ0n) is 9.20. The average Bonchev–Trinajstić information content (AvgIpc) is 2.18. The second-order valence-corrected chi connectivity index (χ2v) is 3.75. The molecule has 0 amide bonds. The van der Waals surface area contributed by atoms with Gasteiger partial charge in [-0.25, -0.2) is 4.98 Å². The first-order valence-corrected chi connectivity index (χ1v) is 5.02. The molecule has 0 aliphatic rings. The van der Waals surface area contributed by atoms with Gasteiger partial charge >= 0.3 is 0 Å². The predicted octanol–water partition coefficient (Wildman–Crippen LogP) is 1.43. The predicted molar refractivity (Wildman–Crippen MR) is 60.5 cm³/mol. The third-order valence-corrected chi connectivity index (χ3v) is 2.30. The summed E-state index contributed by atoms with van der Waals surface area (Å²) in [5.41, 5.74) is 7.16. The standard InChI is InChI=1S/C11H19N3/c1-4-10(12)8-9-6-5-7-13-11(9)14(2)3/h5-7,10H,4,8,12H2,1-3H3. The Bertz CT molecular complexity index is 284. The molecule has 2 N–H and O–H groups in total. The van der Waals surface area contributed by atoms with E-state index in [1.807, 2.05) is 31.3 Å². The van der Waals surface area contributed by atoms with Gasteiger partial charge in [0.1, 0.15) is 5.82 Å². The van der Waals surface area contributed by atoms with Gasteiger partial charge in [0.25, 0.3) is 0 Å². The van der Waals surface area contributed by atoms with Gasteiger partial charge in [0.15, 0.2) is 0 Å². The highest BCUT2D eigenvalue weighted by atomic mass is 15.1. The van der Waals surface area contributed by atoms with Crippen LogP contribution in [-0.4, -0.2) is 25.1 Å². The van der Waals surface area contributed by atoms with Crippen LogP contribution in [0.2, 0.25) is 0 Å². The molecule has 0 bridgehead atoms. The van der Waals surface area contributed by atoms with Gasteiger partial charge in [-0.05, 0) is 24.5 Å². The largest absolute Gasteiger partial charge is 0.363 e. The van der Waals surface area contributed by atoms with Crippen LogP contribution in [0.1, 0.15) is 18.9 Å². The number of pyridine rings is 1. The van der Waals surface area contributed by atoms with Crippen molar-refractivity contribution in [3.63, 3.8) is 0 Å². The zero-order chi connectivity index (χ0) is 10.6. The van der Waals surface area contributed by atoms with Crippen molar-refractivity contribution >= 4 is 5.82 Å². The topological polar surface area (TPSA) is 42.1 Å². The van der Waals surface area contributed by atoms with E-state index in [1.165, 1.54) is 5.56 Å². The van der Waals surface area contributed by atoms with Crippen molar-refractivity contribution in [3.05, 3.63) is 23.9 Å². The summed E-state index contributed by atoms with van der Waals surface area (Å²) in [7, 11) is 4.01. The smallest absolute Gasteiger partial charge is 0.131 e. The zero-order valence-corrected chi connectivity index (χ0v) is 9.20. The van der Waals surface area contributed by atoms with Crippen LogP contribution in [0.3, 0.4) is 0 Å². The van der Waals surface area contributed by atoms with Crippen molar-refractivity contribution in [3.8, 4) is 0 Å². The van der Waals surface area contributed by atoms with E-state index in [2.05, 4.69) is 18.0 Å². The molecule has 0 saturated heterocycles. The van der Waals surface area contributed by atoms with Crippen molar-refractivity contribution in [2.24, 2.45) is 5.73 Å². The van der Waals surface area contributed by atoms with Crippen LogP contribution in [0.5, 0.6) is 0 Å². The fraction of sp³-hybridized carbons (Fsp3) is 0.545. The lowest BCUT2D eigenvalue weighted by molar-refractivity contribution is 0.644. The number of hydrogen-bond donors (Lipinski definition) is 1. The summed E-state index contributed by atoms with van der Waals surface area (Å²) < 4.78 is 0. The van der Waals surface area contributed by atoms with E-state index in [1.54, 1.807) is 0 Å². The lowest BCUT2D eigenvalue weighted by Crippen LogP contribution is -2.23. The van der Waals surface area contributed by atoms with Gasteiger partial charge in [0.05, 0.1) is 0 Å². The van der Waals surface area contributed by atoms with Crippen LogP contribution in [0.4, 0.5) is 5.82 Å². The van der Waals surface area contributed by atoms with Gasteiger partial charge in [-0.2, -0.15) is 0 Å². The molecule has 0 radical (unpaired) electrons. The highest BCUT2D eigenvalue weighted by molar-refractivity contribution is 5.45. The highest BCUT2D eigenvalue weighted by Crippen LogP contribution is 2.16. The molecule has 0 fully saturated rings. The molecule has 1 aromatic heterocycles. The number of rotatable bonds is 4. The van der Waals surface area contributed by atoms with Crippen molar-refractivity contribution in [1.29, 1.82) is 0 Å². The maximum absolute atomic E-state index is 5.93. The molecule has 1 rings (SSSR count). The average molecular weight is 193 g/mol. The first-order chi connectivity index (χ1) is 6.65. The Morgan fingerprint density at radius 3 is 2.79 bits per heavy atom. The van der Waals surface area contributed by atoms with Gasteiger partial charge in [-0.3, -0.25) is 0 Å². The third-order valence-electron chi connectivity index (χ3n) is 2.30. The number of aromatic nitrogens is 1. The Balaban J connectivity index is 2.84. The van der Waals surface area contributed by atoms with E-state index in [9.17, 15) is 0 Å². The molecule has 14 heavy (non-hydrogen) atoms. The Kier molecular flexibility index (Phi) is 3.89. The Morgan fingerprint density at radius 1 is 1.50 bits per heavy atom. The fourth-order valence-corrected chi connectivity index (χ4v) is 1.42. The monoisotopic (exact) mass is 193 g/mol. The number of nitrogens with zero attached hydrogens (tertiary/aromatic N) is 2. The quantitative estimate of drug-likeness (QED) is 0.786. The number of anilines is 1. The van der Waals surface area contributed by atoms with E-state index in [0.717, 1.165) is 18.7 Å². The maximum atomic E-state index is 5.93. The van der Waals surface area contributed by atoms with Crippen LogP contribution in [0.25, 0.3) is 0 Å². The van der Waals surface area contributed by atoms with Gasteiger partial charge in [0, 0.05) is 26.3 Å². The lowest BCUT2D eigenvalue weighted by Gasteiger charge is -2.17. The molecule has 1 heterocycles. The van der Waals surface area contributed by atoms with Gasteiger partial charge in [-0.15, -0.1) is 0 Å². The van der Waals surface area contributed by atoms with Crippen molar-refractivity contribution < 1.29 is 0 Å². The Labute approximate surface area is 85.9 Å². The minimum Gasteiger partial charge on any atom is -0.363 e. The summed E-state index contributed by atoms with van der Waals surface area (Å²) in [6.45, 7) is 2.11. The Morgan fingerprint density at radius 2 is 2.21 bits per heavy atom. The molecular weight excluding hydrogens is 174 g/mol. The molecule has 1 aromatic rings. The summed E-state index contributed by atoms with van der Waals surface area (Å²) in [5, 5.41) is 0. The van der Waals surface area contributed by atoms with Gasteiger partial charge < -0.3 is 10.6 Å². The molecule has 78 valence electrons. The maximum Gasteiger partial charge on any atom is 0.131 e. The summed E-state index contributed by atoms with van der Waals surface area (Å²) in [6, 6.07) is 4.29. The molecule has 3 heteroatoms. The summed E-state index contributed by atoms with van der Waals surface area (Å²) in [4.78, 5) is 6.36. The summed E-state index contributed by atoms with van der Waals surface area (Å²) in [6.07, 6.45) is 3.72. The molecule has 0 saturated carbocycles. The minimum absolute atomic E-state index is 0.234. The van der Waals surface area contributed by atoms with Gasteiger partial charge in [-0.1, -0.05) is 13.0 Å². The second-order valence-electron chi connectivity index (χ2n) is 3.75. The second kappa shape index (κ2) is 4.96. The van der Waals surface area contributed by atoms with Crippen molar-refractivity contribution in [2.45, 2.75) is 25.8 Å². The van der Waals surface area contributed by atoms with E-state index < -0.39 is 0 Å². The molecule has 0 aliphatic heterocycles. The van der Waals surface area contributed by atoms with E-state index in [-0.39, 0.29) is 6.04 Å². The first-order valence-electron chi connectivity index (χ1n) is 5.02. The molecule has 0 aliphatic carbocycles. The van der Waals surface area contributed by atoms with E-state index >= 15 is 0 Å². The number of hydrogen-bond acceptors (Lipinski definition) is 3. The summed E-state index contributed by atoms with van der Waals surface area (Å²) >= 11 is 0. The SMILES string of the molecule is CCC(N)Cc1cccnc1N(C)C. The number of nitrogens with two attached hydrogens (primary N) is 1. The van der Waals surface area contributed by atoms with Crippen molar-refractivity contribution in [2.75, 3.05) is 19.0 Å². The van der Waals surface area contributed by atoms with Crippen molar-refractivity contribution in [1.82, 2.24) is 4.98 Å². The fourth-order valence-electron chi connectivity index (χ4n) is 1.42. The molecule has 3 nitrogen and oxygen atoms in total.